The Morgan fingerprint density at radius 1 is 1.50 bits per heavy atom. The molecule has 3 nitrogen and oxygen atoms in total. The van der Waals surface area contributed by atoms with E-state index in [2.05, 4.69) is 5.32 Å². The molecule has 1 aromatic rings. The zero-order chi connectivity index (χ0) is 8.55. The predicted octanol–water partition coefficient (Wildman–Crippen LogP) is 1.01. The highest BCUT2D eigenvalue weighted by atomic mass is 16.3. The highest BCUT2D eigenvalue weighted by Gasteiger charge is 2.18. The molecule has 1 atom stereocenters. The zero-order valence-corrected chi connectivity index (χ0v) is 6.75. The topological polar surface area (TPSA) is 58.3 Å². The first-order valence-corrected chi connectivity index (χ1v) is 4.09. The molecule has 1 fully saturated rings. The molecule has 0 aliphatic carbocycles. The van der Waals surface area contributed by atoms with Crippen molar-refractivity contribution >= 4 is 5.69 Å². The summed E-state index contributed by atoms with van der Waals surface area (Å²) in [7, 11) is 0. The zero-order valence-electron chi connectivity index (χ0n) is 6.75. The molecule has 2 rings (SSSR count). The molecule has 0 radical (unpaired) electrons. The van der Waals surface area contributed by atoms with Crippen molar-refractivity contribution in [3.05, 3.63) is 23.8 Å². The number of hydrogen-bond acceptors (Lipinski definition) is 3. The van der Waals surface area contributed by atoms with Crippen molar-refractivity contribution in [2.45, 2.75) is 12.5 Å². The van der Waals surface area contributed by atoms with Gasteiger partial charge < -0.3 is 16.2 Å². The minimum absolute atomic E-state index is 0.165. The van der Waals surface area contributed by atoms with Gasteiger partial charge in [0.15, 0.2) is 0 Å². The summed E-state index contributed by atoms with van der Waals surface area (Å²) >= 11 is 0. The summed E-state index contributed by atoms with van der Waals surface area (Å²) in [5.74, 6) is 0.165. The maximum absolute atomic E-state index is 9.17. The van der Waals surface area contributed by atoms with Crippen molar-refractivity contribution < 1.29 is 5.11 Å². The molecule has 4 N–H and O–H groups in total. The summed E-state index contributed by atoms with van der Waals surface area (Å²) in [5, 5.41) is 12.4. The summed E-state index contributed by atoms with van der Waals surface area (Å²) in [6, 6.07) is 5.81. The lowest BCUT2D eigenvalue weighted by atomic mass is 9.97. The van der Waals surface area contributed by atoms with Gasteiger partial charge in [-0.2, -0.15) is 0 Å². The number of benzene rings is 1. The van der Waals surface area contributed by atoms with E-state index in [1.165, 1.54) is 0 Å². The van der Waals surface area contributed by atoms with Crippen molar-refractivity contribution in [1.82, 2.24) is 5.32 Å². The second-order valence-electron chi connectivity index (χ2n) is 3.11. The maximum Gasteiger partial charge on any atom is 0.138 e. The Morgan fingerprint density at radius 3 is 2.75 bits per heavy atom. The Morgan fingerprint density at radius 2 is 2.25 bits per heavy atom. The fourth-order valence-electron chi connectivity index (χ4n) is 1.36. The predicted molar refractivity (Wildman–Crippen MR) is 47.9 cm³/mol. The molecule has 0 bridgehead atoms. The lowest BCUT2D eigenvalue weighted by molar-refractivity contribution is 0.383. The van der Waals surface area contributed by atoms with E-state index >= 15 is 0 Å². The van der Waals surface area contributed by atoms with Crippen molar-refractivity contribution in [3.8, 4) is 5.75 Å². The number of phenols is 1. The second kappa shape index (κ2) is 2.68. The quantitative estimate of drug-likeness (QED) is 0.429. The largest absolute Gasteiger partial charge is 0.506 e. The SMILES string of the molecule is Nc1cc(C2CCN2)ccc1O. The molecule has 3 heteroatoms. The van der Waals surface area contributed by atoms with Gasteiger partial charge in [0.25, 0.3) is 0 Å². The first kappa shape index (κ1) is 7.43. The number of nitrogens with one attached hydrogen (secondary N) is 1. The van der Waals surface area contributed by atoms with Crippen LogP contribution in [-0.2, 0) is 0 Å². The Hall–Kier alpha value is -1.22. The second-order valence-corrected chi connectivity index (χ2v) is 3.11. The standard InChI is InChI=1S/C9H12N2O/c10-7-5-6(1-2-9(7)12)8-3-4-11-8/h1-2,5,8,11-12H,3-4,10H2. The molecule has 0 saturated carbocycles. The van der Waals surface area contributed by atoms with Gasteiger partial charge in [-0.15, -0.1) is 0 Å². The summed E-state index contributed by atoms with van der Waals surface area (Å²) < 4.78 is 0. The van der Waals surface area contributed by atoms with Crippen LogP contribution in [0.4, 0.5) is 5.69 Å². The fourth-order valence-corrected chi connectivity index (χ4v) is 1.36. The Labute approximate surface area is 71.2 Å². The van der Waals surface area contributed by atoms with Gasteiger partial charge in [0.1, 0.15) is 5.75 Å². The van der Waals surface area contributed by atoms with Crippen molar-refractivity contribution in [3.63, 3.8) is 0 Å². The van der Waals surface area contributed by atoms with Crippen LogP contribution in [0.2, 0.25) is 0 Å². The van der Waals surface area contributed by atoms with Crippen LogP contribution < -0.4 is 11.1 Å². The number of nitrogens with two attached hydrogens (primary N) is 1. The molecule has 0 spiro atoms. The molecule has 64 valence electrons. The van der Waals surface area contributed by atoms with Crippen LogP contribution >= 0.6 is 0 Å². The number of hydrogen-bond donors (Lipinski definition) is 3. The number of aromatic hydroxyl groups is 1. The van der Waals surface area contributed by atoms with Crippen LogP contribution in [0, 0.1) is 0 Å². The number of rotatable bonds is 1. The Balaban J connectivity index is 2.27. The lowest BCUT2D eigenvalue weighted by Gasteiger charge is -2.28. The summed E-state index contributed by atoms with van der Waals surface area (Å²) in [5.41, 5.74) is 7.18. The number of nitrogen functional groups attached to an aromatic ring is 1. The van der Waals surface area contributed by atoms with E-state index in [1.54, 1.807) is 6.07 Å². The van der Waals surface area contributed by atoms with Gasteiger partial charge in [-0.1, -0.05) is 6.07 Å². The van der Waals surface area contributed by atoms with E-state index in [0.29, 0.717) is 11.7 Å². The summed E-state index contributed by atoms with van der Waals surface area (Å²) in [4.78, 5) is 0. The van der Waals surface area contributed by atoms with Gasteiger partial charge in [-0.05, 0) is 30.7 Å². The molecule has 0 amide bonds. The molecule has 1 unspecified atom stereocenters. The number of phenolic OH excluding ortho intramolecular Hbond substituents is 1. The van der Waals surface area contributed by atoms with Crippen LogP contribution in [0.1, 0.15) is 18.0 Å². The third-order valence-electron chi connectivity index (χ3n) is 2.28. The summed E-state index contributed by atoms with van der Waals surface area (Å²) in [6.07, 6.45) is 1.16. The molecule has 12 heavy (non-hydrogen) atoms. The van der Waals surface area contributed by atoms with Crippen molar-refractivity contribution in [1.29, 1.82) is 0 Å². The highest BCUT2D eigenvalue weighted by Crippen LogP contribution is 2.28. The molecule has 1 aliphatic rings. The molecule has 1 aliphatic heterocycles. The van der Waals surface area contributed by atoms with Crippen LogP contribution in [0.15, 0.2) is 18.2 Å². The minimum Gasteiger partial charge on any atom is -0.506 e. The third kappa shape index (κ3) is 1.12. The minimum atomic E-state index is 0.165. The molecule has 1 heterocycles. The maximum atomic E-state index is 9.17. The van der Waals surface area contributed by atoms with Gasteiger partial charge in [0.05, 0.1) is 5.69 Å². The molecule has 0 aromatic heterocycles. The molecule has 1 aromatic carbocycles. The highest BCUT2D eigenvalue weighted by molar-refractivity contribution is 5.53. The first-order chi connectivity index (χ1) is 5.77. The molecular weight excluding hydrogens is 152 g/mol. The fraction of sp³-hybridized carbons (Fsp3) is 0.333. The van der Waals surface area contributed by atoms with Gasteiger partial charge >= 0.3 is 0 Å². The van der Waals surface area contributed by atoms with E-state index in [0.717, 1.165) is 18.5 Å². The Kier molecular flexibility index (Phi) is 1.66. The summed E-state index contributed by atoms with van der Waals surface area (Å²) in [6.45, 7) is 1.07. The van der Waals surface area contributed by atoms with E-state index in [-0.39, 0.29) is 5.75 Å². The lowest BCUT2D eigenvalue weighted by Crippen LogP contribution is -2.34. The normalized spacial score (nSPS) is 21.8. The van der Waals surface area contributed by atoms with E-state index < -0.39 is 0 Å². The van der Waals surface area contributed by atoms with Gasteiger partial charge in [0, 0.05) is 6.04 Å². The number of anilines is 1. The van der Waals surface area contributed by atoms with Crippen molar-refractivity contribution in [2.75, 3.05) is 12.3 Å². The van der Waals surface area contributed by atoms with Gasteiger partial charge in [-0.25, -0.2) is 0 Å². The average Bonchev–Trinajstić information content (AvgIpc) is 1.93. The van der Waals surface area contributed by atoms with Crippen LogP contribution in [0.3, 0.4) is 0 Å². The van der Waals surface area contributed by atoms with E-state index in [9.17, 15) is 5.11 Å². The van der Waals surface area contributed by atoms with Crippen molar-refractivity contribution in [2.24, 2.45) is 0 Å². The van der Waals surface area contributed by atoms with E-state index in [1.807, 2.05) is 12.1 Å². The molecule has 1 saturated heterocycles. The van der Waals surface area contributed by atoms with Gasteiger partial charge in [0.2, 0.25) is 0 Å². The van der Waals surface area contributed by atoms with E-state index in [4.69, 9.17) is 5.73 Å². The third-order valence-corrected chi connectivity index (χ3v) is 2.28. The monoisotopic (exact) mass is 164 g/mol. The molecular formula is C9H12N2O. The van der Waals surface area contributed by atoms with Crippen LogP contribution in [0.5, 0.6) is 5.75 Å². The Bertz CT molecular complexity index is 295. The van der Waals surface area contributed by atoms with Crippen LogP contribution in [0.25, 0.3) is 0 Å². The first-order valence-electron chi connectivity index (χ1n) is 4.09. The smallest absolute Gasteiger partial charge is 0.138 e. The van der Waals surface area contributed by atoms with Gasteiger partial charge in [-0.3, -0.25) is 0 Å². The van der Waals surface area contributed by atoms with Crippen LogP contribution in [-0.4, -0.2) is 11.7 Å². The average molecular weight is 164 g/mol.